The number of rotatable bonds is 7. The minimum atomic E-state index is -0.330. The monoisotopic (exact) mass is 606 g/mol. The molecule has 0 aliphatic carbocycles. The molecule has 0 aliphatic rings. The van der Waals surface area contributed by atoms with Crippen LogP contribution < -0.4 is 15.6 Å². The van der Waals surface area contributed by atoms with E-state index in [1.54, 1.807) is 42.6 Å². The van der Waals surface area contributed by atoms with Gasteiger partial charge >= 0.3 is 0 Å². The van der Waals surface area contributed by atoms with Gasteiger partial charge in [0, 0.05) is 15.5 Å². The number of nitrogens with one attached hydrogen (secondary N) is 1. The van der Waals surface area contributed by atoms with Crippen molar-refractivity contribution in [2.75, 3.05) is 11.9 Å². The van der Waals surface area contributed by atoms with Crippen LogP contribution in [-0.2, 0) is 4.79 Å². The van der Waals surface area contributed by atoms with Gasteiger partial charge in [0.05, 0.1) is 17.1 Å². The number of hydrogen-bond donors (Lipinski definition) is 1. The van der Waals surface area contributed by atoms with Crippen molar-refractivity contribution < 1.29 is 13.9 Å². The van der Waals surface area contributed by atoms with Crippen LogP contribution in [0.15, 0.2) is 116 Å². The summed E-state index contributed by atoms with van der Waals surface area (Å²) in [6, 6.07) is 29.2. The number of furan rings is 1. The molecule has 0 bridgehead atoms. The van der Waals surface area contributed by atoms with Crippen molar-refractivity contribution in [1.29, 1.82) is 0 Å². The molecule has 0 fully saturated rings. The SMILES string of the molecule is Cc1ccccc1NC(=O)COc1cccc(C=Nn2c(-c3cc4cc(Br)ccc4o3)nc3ccccc3c2=O)c1. The van der Waals surface area contributed by atoms with Crippen LogP contribution in [-0.4, -0.2) is 28.4 Å². The maximum Gasteiger partial charge on any atom is 0.282 e. The van der Waals surface area contributed by atoms with Gasteiger partial charge in [-0.3, -0.25) is 9.59 Å². The topological polar surface area (TPSA) is 98.7 Å². The fraction of sp³-hybridized carbons (Fsp3) is 0.0625. The summed E-state index contributed by atoms with van der Waals surface area (Å²) < 4.78 is 13.9. The molecule has 0 atom stereocenters. The van der Waals surface area contributed by atoms with E-state index in [4.69, 9.17) is 14.1 Å². The van der Waals surface area contributed by atoms with Crippen LogP contribution in [0.4, 0.5) is 5.69 Å². The lowest BCUT2D eigenvalue weighted by Crippen LogP contribution is -2.20. The molecular weight excluding hydrogens is 584 g/mol. The molecule has 8 nitrogen and oxygen atoms in total. The zero-order valence-corrected chi connectivity index (χ0v) is 23.5. The second-order valence-electron chi connectivity index (χ2n) is 9.33. The van der Waals surface area contributed by atoms with Gasteiger partial charge in [-0.25, -0.2) is 4.98 Å². The predicted molar refractivity (Wildman–Crippen MR) is 164 cm³/mol. The van der Waals surface area contributed by atoms with E-state index in [0.717, 1.165) is 21.1 Å². The highest BCUT2D eigenvalue weighted by atomic mass is 79.9. The van der Waals surface area contributed by atoms with Crippen LogP contribution in [0.25, 0.3) is 33.5 Å². The molecular formula is C32H23BrN4O4. The van der Waals surface area contributed by atoms with Gasteiger partial charge in [-0.2, -0.15) is 9.78 Å². The lowest BCUT2D eigenvalue weighted by molar-refractivity contribution is -0.118. The van der Waals surface area contributed by atoms with E-state index in [2.05, 4.69) is 26.3 Å². The third-order valence-electron chi connectivity index (χ3n) is 6.42. The molecule has 0 unspecified atom stereocenters. The van der Waals surface area contributed by atoms with Crippen molar-refractivity contribution in [2.24, 2.45) is 5.10 Å². The molecule has 0 saturated heterocycles. The second-order valence-corrected chi connectivity index (χ2v) is 10.2. The summed E-state index contributed by atoms with van der Waals surface area (Å²) in [6.45, 7) is 1.77. The van der Waals surface area contributed by atoms with Crippen LogP contribution in [0.1, 0.15) is 11.1 Å². The van der Waals surface area contributed by atoms with Gasteiger partial charge in [-0.05, 0) is 72.6 Å². The minimum absolute atomic E-state index is 0.157. The third-order valence-corrected chi connectivity index (χ3v) is 6.92. The number of fused-ring (bicyclic) bond motifs is 2. The van der Waals surface area contributed by atoms with Gasteiger partial charge in [0.25, 0.3) is 11.5 Å². The molecule has 6 aromatic rings. The lowest BCUT2D eigenvalue weighted by atomic mass is 10.2. The summed E-state index contributed by atoms with van der Waals surface area (Å²) >= 11 is 3.48. The van der Waals surface area contributed by atoms with E-state index in [0.29, 0.717) is 33.6 Å². The predicted octanol–water partition coefficient (Wildman–Crippen LogP) is 6.78. The Bertz CT molecular complexity index is 2010. The zero-order chi connectivity index (χ0) is 28.3. The first-order valence-electron chi connectivity index (χ1n) is 12.8. The number of ether oxygens (including phenoxy) is 1. The number of aromatic nitrogens is 2. The van der Waals surface area contributed by atoms with Gasteiger partial charge in [0.2, 0.25) is 5.82 Å². The molecule has 9 heteroatoms. The first-order chi connectivity index (χ1) is 19.9. The van der Waals surface area contributed by atoms with Crippen molar-refractivity contribution in [3.8, 4) is 17.3 Å². The van der Waals surface area contributed by atoms with Crippen molar-refractivity contribution in [1.82, 2.24) is 9.66 Å². The van der Waals surface area contributed by atoms with E-state index >= 15 is 0 Å². The Kier molecular flexibility index (Phi) is 7.18. The van der Waals surface area contributed by atoms with E-state index in [1.165, 1.54) is 4.68 Å². The number of carbonyl (C=O) groups is 1. The largest absolute Gasteiger partial charge is 0.484 e. The molecule has 1 amide bonds. The maximum absolute atomic E-state index is 13.5. The van der Waals surface area contributed by atoms with E-state index in [-0.39, 0.29) is 23.9 Å². The van der Waals surface area contributed by atoms with Crippen LogP contribution in [0.5, 0.6) is 5.75 Å². The molecule has 1 N–H and O–H groups in total. The summed E-state index contributed by atoms with van der Waals surface area (Å²) in [5, 5.41) is 8.65. The summed E-state index contributed by atoms with van der Waals surface area (Å²) in [5.41, 5.74) is 3.25. The first kappa shape index (κ1) is 26.2. The highest BCUT2D eigenvalue weighted by molar-refractivity contribution is 9.10. The molecule has 6 rings (SSSR count). The highest BCUT2D eigenvalue weighted by Crippen LogP contribution is 2.29. The number of aryl methyl sites for hydroxylation is 1. The van der Waals surface area contributed by atoms with Crippen molar-refractivity contribution in [3.63, 3.8) is 0 Å². The average molecular weight is 607 g/mol. The molecule has 0 aliphatic heterocycles. The molecule has 0 saturated carbocycles. The summed E-state index contributed by atoms with van der Waals surface area (Å²) in [5.74, 6) is 0.906. The quantitative estimate of drug-likeness (QED) is 0.202. The zero-order valence-electron chi connectivity index (χ0n) is 21.9. The smallest absolute Gasteiger partial charge is 0.282 e. The number of halogens is 1. The third kappa shape index (κ3) is 5.66. The van der Waals surface area contributed by atoms with E-state index in [1.807, 2.05) is 67.6 Å². The number of para-hydroxylation sites is 2. The molecule has 0 radical (unpaired) electrons. The first-order valence-corrected chi connectivity index (χ1v) is 13.6. The van der Waals surface area contributed by atoms with Crippen molar-refractivity contribution in [2.45, 2.75) is 6.92 Å². The highest BCUT2D eigenvalue weighted by Gasteiger charge is 2.16. The Balaban J connectivity index is 1.29. The Hall–Kier alpha value is -5.02. The Morgan fingerprint density at radius 3 is 2.73 bits per heavy atom. The summed E-state index contributed by atoms with van der Waals surface area (Å²) in [7, 11) is 0. The Labute approximate surface area is 243 Å². The van der Waals surface area contributed by atoms with Crippen LogP contribution >= 0.6 is 15.9 Å². The number of amides is 1. The summed E-state index contributed by atoms with van der Waals surface area (Å²) in [4.78, 5) is 30.7. The van der Waals surface area contributed by atoms with Crippen LogP contribution in [0.3, 0.4) is 0 Å². The molecule has 2 aromatic heterocycles. The molecule has 202 valence electrons. The number of hydrogen-bond acceptors (Lipinski definition) is 6. The lowest BCUT2D eigenvalue weighted by Gasteiger charge is -2.10. The number of carbonyl (C=O) groups excluding carboxylic acids is 1. The fourth-order valence-electron chi connectivity index (χ4n) is 4.37. The Morgan fingerprint density at radius 1 is 1.02 bits per heavy atom. The standard InChI is InChI=1S/C32H23BrN4O4/c1-20-7-2-4-11-26(20)35-30(38)19-40-24-9-6-8-21(15-24)18-34-37-31(36-27-12-5-3-10-25(27)32(37)39)29-17-22-16-23(33)13-14-28(22)41-29/h2-18H,19H2,1H3,(H,35,38). The Morgan fingerprint density at radius 2 is 1.85 bits per heavy atom. The molecule has 0 spiro atoms. The molecule has 41 heavy (non-hydrogen) atoms. The number of nitrogens with zero attached hydrogens (tertiary/aromatic N) is 3. The average Bonchev–Trinajstić information content (AvgIpc) is 3.40. The van der Waals surface area contributed by atoms with E-state index < -0.39 is 0 Å². The van der Waals surface area contributed by atoms with Gasteiger partial charge in [0.1, 0.15) is 11.3 Å². The summed E-state index contributed by atoms with van der Waals surface area (Å²) in [6.07, 6.45) is 1.54. The minimum Gasteiger partial charge on any atom is -0.484 e. The van der Waals surface area contributed by atoms with Crippen molar-refractivity contribution >= 4 is 55.6 Å². The van der Waals surface area contributed by atoms with E-state index in [9.17, 15) is 9.59 Å². The van der Waals surface area contributed by atoms with Gasteiger partial charge in [-0.15, -0.1) is 0 Å². The van der Waals surface area contributed by atoms with Gasteiger partial charge < -0.3 is 14.5 Å². The maximum atomic E-state index is 13.5. The number of anilines is 1. The number of benzene rings is 4. The second kappa shape index (κ2) is 11.2. The fourth-order valence-corrected chi connectivity index (χ4v) is 4.75. The molecule has 2 heterocycles. The van der Waals surface area contributed by atoms with Crippen LogP contribution in [0.2, 0.25) is 0 Å². The normalized spacial score (nSPS) is 11.4. The van der Waals surface area contributed by atoms with Crippen LogP contribution in [0, 0.1) is 6.92 Å². The van der Waals surface area contributed by atoms with Crippen molar-refractivity contribution in [3.05, 3.63) is 123 Å². The van der Waals surface area contributed by atoms with Gasteiger partial charge in [0.15, 0.2) is 12.4 Å². The molecule has 4 aromatic carbocycles. The van der Waals surface area contributed by atoms with Gasteiger partial charge in [-0.1, -0.05) is 58.4 Å².